The molecule has 0 saturated carbocycles. The molecule has 0 aliphatic rings. The van der Waals surface area contributed by atoms with E-state index in [-0.39, 0.29) is 25.1 Å². The van der Waals surface area contributed by atoms with Crippen LogP contribution in [-0.4, -0.2) is 24.2 Å². The van der Waals surface area contributed by atoms with Gasteiger partial charge in [-0.25, -0.2) is 0 Å². The standard InChI is InChI=1S/C17H22N2O3/c1-11-7-8-16(22-11)13(3)19-15-6-4-5-14(12(15)2)17(21)18-9-10-20/h4-8,13,19-20H,9-10H2,1-3H3,(H,18,21). The topological polar surface area (TPSA) is 74.5 Å². The third kappa shape index (κ3) is 3.68. The fourth-order valence-corrected chi connectivity index (χ4v) is 2.29. The van der Waals surface area contributed by atoms with E-state index < -0.39 is 0 Å². The molecule has 2 aromatic rings. The molecule has 1 aromatic heterocycles. The maximum absolute atomic E-state index is 12.1. The Hall–Kier alpha value is -2.27. The second-order valence-corrected chi connectivity index (χ2v) is 5.27. The van der Waals surface area contributed by atoms with E-state index in [1.807, 2.05) is 45.0 Å². The molecule has 118 valence electrons. The first-order valence-corrected chi connectivity index (χ1v) is 7.34. The van der Waals surface area contributed by atoms with Crippen LogP contribution in [0.15, 0.2) is 34.7 Å². The van der Waals surface area contributed by atoms with Crippen molar-refractivity contribution in [1.82, 2.24) is 5.32 Å². The highest BCUT2D eigenvalue weighted by Crippen LogP contribution is 2.25. The zero-order valence-corrected chi connectivity index (χ0v) is 13.1. The van der Waals surface area contributed by atoms with Gasteiger partial charge in [0, 0.05) is 17.8 Å². The van der Waals surface area contributed by atoms with Crippen LogP contribution in [0.2, 0.25) is 0 Å². The molecule has 1 heterocycles. The maximum atomic E-state index is 12.1. The van der Waals surface area contributed by atoms with Crippen LogP contribution < -0.4 is 10.6 Å². The van der Waals surface area contributed by atoms with E-state index in [4.69, 9.17) is 9.52 Å². The SMILES string of the molecule is Cc1ccc(C(C)Nc2cccc(C(=O)NCCO)c2C)o1. The van der Waals surface area contributed by atoms with Crippen molar-refractivity contribution >= 4 is 11.6 Å². The molecule has 0 radical (unpaired) electrons. The first-order valence-electron chi connectivity index (χ1n) is 7.34. The van der Waals surface area contributed by atoms with Crippen LogP contribution in [0.3, 0.4) is 0 Å². The number of furan rings is 1. The molecule has 0 aliphatic carbocycles. The lowest BCUT2D eigenvalue weighted by atomic mass is 10.1. The lowest BCUT2D eigenvalue weighted by molar-refractivity contribution is 0.0944. The van der Waals surface area contributed by atoms with Gasteiger partial charge in [-0.15, -0.1) is 0 Å². The highest BCUT2D eigenvalue weighted by Gasteiger charge is 2.14. The maximum Gasteiger partial charge on any atom is 0.251 e. The zero-order valence-electron chi connectivity index (χ0n) is 13.1. The second-order valence-electron chi connectivity index (χ2n) is 5.27. The molecule has 1 amide bonds. The Morgan fingerprint density at radius 2 is 2.05 bits per heavy atom. The normalized spacial score (nSPS) is 12.0. The van der Waals surface area contributed by atoms with Gasteiger partial charge in [-0.2, -0.15) is 0 Å². The van der Waals surface area contributed by atoms with E-state index in [0.29, 0.717) is 5.56 Å². The molecule has 0 fully saturated rings. The van der Waals surface area contributed by atoms with Crippen molar-refractivity contribution in [2.75, 3.05) is 18.5 Å². The number of hydrogen-bond donors (Lipinski definition) is 3. The number of benzene rings is 1. The smallest absolute Gasteiger partial charge is 0.251 e. The Bertz CT molecular complexity index is 649. The monoisotopic (exact) mass is 302 g/mol. The van der Waals surface area contributed by atoms with Gasteiger partial charge in [0.2, 0.25) is 0 Å². The number of rotatable bonds is 6. The van der Waals surface area contributed by atoms with E-state index in [0.717, 1.165) is 22.8 Å². The van der Waals surface area contributed by atoms with Crippen molar-refractivity contribution in [3.63, 3.8) is 0 Å². The summed E-state index contributed by atoms with van der Waals surface area (Å²) in [5, 5.41) is 14.8. The highest BCUT2D eigenvalue weighted by atomic mass is 16.3. The number of carbonyl (C=O) groups is 1. The lowest BCUT2D eigenvalue weighted by Gasteiger charge is -2.17. The molecular weight excluding hydrogens is 280 g/mol. The van der Waals surface area contributed by atoms with Gasteiger partial charge >= 0.3 is 0 Å². The summed E-state index contributed by atoms with van der Waals surface area (Å²) in [4.78, 5) is 12.1. The van der Waals surface area contributed by atoms with Crippen molar-refractivity contribution in [1.29, 1.82) is 0 Å². The van der Waals surface area contributed by atoms with Crippen LogP contribution in [0, 0.1) is 13.8 Å². The Morgan fingerprint density at radius 1 is 1.27 bits per heavy atom. The molecule has 0 saturated heterocycles. The van der Waals surface area contributed by atoms with Crippen LogP contribution in [0.1, 0.15) is 40.4 Å². The van der Waals surface area contributed by atoms with E-state index >= 15 is 0 Å². The van der Waals surface area contributed by atoms with Gasteiger partial charge in [0.05, 0.1) is 12.6 Å². The lowest BCUT2D eigenvalue weighted by Crippen LogP contribution is -2.27. The average Bonchev–Trinajstić information content (AvgIpc) is 2.93. The molecule has 3 N–H and O–H groups in total. The van der Waals surface area contributed by atoms with E-state index in [9.17, 15) is 4.79 Å². The summed E-state index contributed by atoms with van der Waals surface area (Å²) in [5.41, 5.74) is 2.35. The van der Waals surface area contributed by atoms with Crippen LogP contribution in [0.4, 0.5) is 5.69 Å². The summed E-state index contributed by atoms with van der Waals surface area (Å²) in [5.74, 6) is 1.54. The average molecular weight is 302 g/mol. The van der Waals surface area contributed by atoms with Crippen LogP contribution >= 0.6 is 0 Å². The van der Waals surface area contributed by atoms with Gasteiger partial charge in [-0.3, -0.25) is 4.79 Å². The van der Waals surface area contributed by atoms with Crippen LogP contribution in [0.25, 0.3) is 0 Å². The molecule has 2 rings (SSSR count). The number of aliphatic hydroxyl groups excluding tert-OH is 1. The highest BCUT2D eigenvalue weighted by molar-refractivity contribution is 5.97. The fraction of sp³-hybridized carbons (Fsp3) is 0.353. The Balaban J connectivity index is 2.16. The van der Waals surface area contributed by atoms with Gasteiger partial charge in [0.25, 0.3) is 5.91 Å². The van der Waals surface area contributed by atoms with Crippen molar-refractivity contribution in [3.8, 4) is 0 Å². The van der Waals surface area contributed by atoms with E-state index in [1.165, 1.54) is 0 Å². The van der Waals surface area contributed by atoms with Crippen molar-refractivity contribution in [3.05, 3.63) is 53.0 Å². The van der Waals surface area contributed by atoms with Crippen molar-refractivity contribution < 1.29 is 14.3 Å². The number of aryl methyl sites for hydroxylation is 1. The Morgan fingerprint density at radius 3 is 2.68 bits per heavy atom. The molecule has 5 nitrogen and oxygen atoms in total. The summed E-state index contributed by atoms with van der Waals surface area (Å²) in [7, 11) is 0. The summed E-state index contributed by atoms with van der Waals surface area (Å²) in [6, 6.07) is 9.42. The minimum Gasteiger partial charge on any atom is -0.464 e. The summed E-state index contributed by atoms with van der Waals surface area (Å²) < 4.78 is 5.62. The molecule has 5 heteroatoms. The molecule has 22 heavy (non-hydrogen) atoms. The first-order chi connectivity index (χ1) is 10.5. The zero-order chi connectivity index (χ0) is 16.1. The van der Waals surface area contributed by atoms with E-state index in [2.05, 4.69) is 10.6 Å². The molecule has 1 unspecified atom stereocenters. The minimum atomic E-state index is -0.184. The molecule has 0 bridgehead atoms. The molecule has 0 aliphatic heterocycles. The predicted molar refractivity (Wildman–Crippen MR) is 86.1 cm³/mol. The van der Waals surface area contributed by atoms with Gasteiger partial charge in [-0.05, 0) is 50.6 Å². The number of aliphatic hydroxyl groups is 1. The quantitative estimate of drug-likeness (QED) is 0.767. The van der Waals surface area contributed by atoms with Crippen molar-refractivity contribution in [2.45, 2.75) is 26.8 Å². The third-order valence-electron chi connectivity index (χ3n) is 3.54. The fourth-order valence-electron chi connectivity index (χ4n) is 2.29. The summed E-state index contributed by atoms with van der Waals surface area (Å²) >= 11 is 0. The number of amides is 1. The van der Waals surface area contributed by atoms with Gasteiger partial charge in [0.1, 0.15) is 11.5 Å². The van der Waals surface area contributed by atoms with Gasteiger partial charge in [-0.1, -0.05) is 6.07 Å². The van der Waals surface area contributed by atoms with Crippen molar-refractivity contribution in [2.24, 2.45) is 0 Å². The number of hydrogen-bond acceptors (Lipinski definition) is 4. The molecular formula is C17H22N2O3. The number of anilines is 1. The van der Waals surface area contributed by atoms with Gasteiger partial charge in [0.15, 0.2) is 0 Å². The Labute approximate surface area is 130 Å². The number of nitrogens with one attached hydrogen (secondary N) is 2. The summed E-state index contributed by atoms with van der Waals surface area (Å²) in [6.45, 7) is 6.00. The largest absolute Gasteiger partial charge is 0.464 e. The van der Waals surface area contributed by atoms with Gasteiger partial charge < -0.3 is 20.2 Å². The molecule has 1 atom stereocenters. The molecule has 1 aromatic carbocycles. The van der Waals surface area contributed by atoms with Crippen LogP contribution in [-0.2, 0) is 0 Å². The summed E-state index contributed by atoms with van der Waals surface area (Å²) in [6.07, 6.45) is 0. The Kier molecular flexibility index (Phi) is 5.22. The molecule has 0 spiro atoms. The minimum absolute atomic E-state index is 0.00292. The third-order valence-corrected chi connectivity index (χ3v) is 3.54. The van der Waals surface area contributed by atoms with Crippen LogP contribution in [0.5, 0.6) is 0 Å². The predicted octanol–water partition coefficient (Wildman–Crippen LogP) is 2.79. The second kappa shape index (κ2) is 7.13. The van der Waals surface area contributed by atoms with E-state index in [1.54, 1.807) is 6.07 Å². The number of carbonyl (C=O) groups excluding carboxylic acids is 1. The first kappa shape index (κ1) is 16.1.